The number of non-ortho nitro benzene ring substituents is 1. The lowest BCUT2D eigenvalue weighted by atomic mass is 10.2. The maximum absolute atomic E-state index is 11.2. The number of nitro groups is 1. The van der Waals surface area contributed by atoms with E-state index in [0.29, 0.717) is 36.5 Å². The number of nitrogens with zero attached hydrogens (tertiary/aromatic N) is 3. The number of nitrogens with one attached hydrogen (secondary N) is 3. The van der Waals surface area contributed by atoms with Crippen molar-refractivity contribution >= 4 is 39.6 Å². The lowest BCUT2D eigenvalue weighted by Crippen LogP contribution is -2.37. The van der Waals surface area contributed by atoms with E-state index >= 15 is 0 Å². The van der Waals surface area contributed by atoms with Crippen LogP contribution in [0.1, 0.15) is 0 Å². The molecule has 0 unspecified atom stereocenters. The van der Waals surface area contributed by atoms with E-state index in [0.717, 1.165) is 13.1 Å². The number of nitro benzene ring substituents is 1. The summed E-state index contributed by atoms with van der Waals surface area (Å²) in [5, 5.41) is 25.4. The second-order valence-electron chi connectivity index (χ2n) is 6.03. The third-order valence-corrected chi connectivity index (χ3v) is 4.50. The third-order valence-electron chi connectivity index (χ3n) is 4.28. The van der Waals surface area contributed by atoms with Gasteiger partial charge in [-0.25, -0.2) is 0 Å². The largest absolute Gasteiger partial charge is 0.493 e. The summed E-state index contributed by atoms with van der Waals surface area (Å²) in [4.78, 5) is 12.8. The molecule has 11 heteroatoms. The van der Waals surface area contributed by atoms with Gasteiger partial charge in [-0.05, 0) is 18.3 Å². The van der Waals surface area contributed by atoms with E-state index in [2.05, 4.69) is 33.4 Å². The standard InChI is InChI=1S/C17H20N6O4S/c1-2-5-18-17(28)20-19-15-13-10-12(23(25)26)3-4-14(13)22(16(15)24)11-21-6-8-27-9-7-21/h3-5,10,19,24H,1,6-9,11H2,(H2,18,20,28). The van der Waals surface area contributed by atoms with Gasteiger partial charge in [0.2, 0.25) is 5.88 Å². The first-order valence-electron chi connectivity index (χ1n) is 8.47. The number of hydrogen-bond acceptors (Lipinski definition) is 7. The van der Waals surface area contributed by atoms with E-state index in [-0.39, 0.29) is 16.7 Å². The highest BCUT2D eigenvalue weighted by molar-refractivity contribution is 7.80. The molecule has 0 bridgehead atoms. The summed E-state index contributed by atoms with van der Waals surface area (Å²) in [6, 6.07) is 4.45. The molecule has 4 N–H and O–H groups in total. The van der Waals surface area contributed by atoms with Gasteiger partial charge in [0.15, 0.2) is 5.11 Å². The zero-order chi connectivity index (χ0) is 20.1. The molecule has 0 saturated carbocycles. The van der Waals surface area contributed by atoms with Crippen LogP contribution in [0.5, 0.6) is 5.88 Å². The molecule has 10 nitrogen and oxygen atoms in total. The topological polar surface area (TPSA) is 117 Å². The van der Waals surface area contributed by atoms with Gasteiger partial charge in [0.05, 0.1) is 30.3 Å². The first kappa shape index (κ1) is 19.6. The highest BCUT2D eigenvalue weighted by Crippen LogP contribution is 2.38. The van der Waals surface area contributed by atoms with Crippen molar-refractivity contribution in [2.45, 2.75) is 6.67 Å². The van der Waals surface area contributed by atoms with Crippen LogP contribution in [0.2, 0.25) is 0 Å². The van der Waals surface area contributed by atoms with Crippen LogP contribution in [-0.4, -0.2) is 50.9 Å². The number of fused-ring (bicyclic) bond motifs is 1. The Bertz CT molecular complexity index is 947. The predicted octanol–water partition coefficient (Wildman–Crippen LogP) is 1.63. The van der Waals surface area contributed by atoms with E-state index < -0.39 is 4.92 Å². The zero-order valence-electron chi connectivity index (χ0n) is 15.0. The van der Waals surface area contributed by atoms with Gasteiger partial charge in [-0.15, -0.1) is 5.73 Å². The smallest absolute Gasteiger partial charge is 0.270 e. The average molecular weight is 404 g/mol. The normalized spacial score (nSPS) is 14.3. The summed E-state index contributed by atoms with van der Waals surface area (Å²) in [5.74, 6) is -0.0587. The molecule has 1 saturated heterocycles. The fraction of sp³-hybridized carbons (Fsp3) is 0.294. The van der Waals surface area contributed by atoms with Crippen molar-refractivity contribution in [2.24, 2.45) is 0 Å². The van der Waals surface area contributed by atoms with Crippen LogP contribution in [0.15, 0.2) is 36.7 Å². The van der Waals surface area contributed by atoms with Crippen molar-refractivity contribution in [1.82, 2.24) is 20.2 Å². The Balaban J connectivity index is 1.95. The van der Waals surface area contributed by atoms with Gasteiger partial charge in [-0.2, -0.15) is 0 Å². The summed E-state index contributed by atoms with van der Waals surface area (Å²) in [5.41, 5.74) is 8.95. The summed E-state index contributed by atoms with van der Waals surface area (Å²) in [6.45, 7) is 6.55. The lowest BCUT2D eigenvalue weighted by Gasteiger charge is -2.27. The Kier molecular flexibility index (Phi) is 6.12. The average Bonchev–Trinajstić information content (AvgIpc) is 2.96. The first-order valence-corrected chi connectivity index (χ1v) is 8.88. The van der Waals surface area contributed by atoms with E-state index in [1.807, 2.05) is 0 Å². The van der Waals surface area contributed by atoms with Gasteiger partial charge in [0.25, 0.3) is 5.69 Å². The highest BCUT2D eigenvalue weighted by Gasteiger charge is 2.22. The molecule has 1 aromatic heterocycles. The van der Waals surface area contributed by atoms with Crippen molar-refractivity contribution in [3.05, 3.63) is 46.8 Å². The zero-order valence-corrected chi connectivity index (χ0v) is 15.8. The molecule has 3 rings (SSSR count). The van der Waals surface area contributed by atoms with Crippen molar-refractivity contribution in [1.29, 1.82) is 0 Å². The fourth-order valence-corrected chi connectivity index (χ4v) is 3.03. The quantitative estimate of drug-likeness (QED) is 0.247. The molecule has 0 radical (unpaired) electrons. The van der Waals surface area contributed by atoms with Crippen LogP contribution >= 0.6 is 12.2 Å². The SMILES string of the molecule is C=C=CNC(=S)NNc1c(O)n(CN2CCOCC2)c2ccc([N+](=O)[O-])cc12. The van der Waals surface area contributed by atoms with Gasteiger partial charge < -0.3 is 15.2 Å². The highest BCUT2D eigenvalue weighted by atomic mass is 32.1. The Morgan fingerprint density at radius 2 is 2.21 bits per heavy atom. The number of hydrazine groups is 1. The maximum Gasteiger partial charge on any atom is 0.270 e. The molecule has 1 aliphatic rings. The molecule has 28 heavy (non-hydrogen) atoms. The molecule has 148 valence electrons. The minimum absolute atomic E-state index is 0.0587. The van der Waals surface area contributed by atoms with E-state index in [9.17, 15) is 15.2 Å². The van der Waals surface area contributed by atoms with Crippen LogP contribution in [0, 0.1) is 10.1 Å². The van der Waals surface area contributed by atoms with Crippen LogP contribution in [0.3, 0.4) is 0 Å². The van der Waals surface area contributed by atoms with Gasteiger partial charge >= 0.3 is 0 Å². The number of rotatable bonds is 6. The Hall–Kier alpha value is -3.11. The molecule has 2 heterocycles. The van der Waals surface area contributed by atoms with Gasteiger partial charge in [-0.1, -0.05) is 6.58 Å². The van der Waals surface area contributed by atoms with Crippen LogP contribution < -0.4 is 16.2 Å². The van der Waals surface area contributed by atoms with Gasteiger partial charge in [-0.3, -0.25) is 30.4 Å². The molecule has 0 atom stereocenters. The van der Waals surface area contributed by atoms with Crippen molar-refractivity contribution in [2.75, 3.05) is 31.7 Å². The molecule has 0 aliphatic carbocycles. The molecule has 0 spiro atoms. The number of anilines is 1. The summed E-state index contributed by atoms with van der Waals surface area (Å²) >= 11 is 5.09. The Morgan fingerprint density at radius 1 is 1.46 bits per heavy atom. The summed E-state index contributed by atoms with van der Waals surface area (Å²) in [7, 11) is 0. The minimum atomic E-state index is -0.478. The second-order valence-corrected chi connectivity index (χ2v) is 6.44. The molecule has 1 fully saturated rings. The van der Waals surface area contributed by atoms with E-state index in [1.54, 1.807) is 10.6 Å². The number of ether oxygens (including phenoxy) is 1. The fourth-order valence-electron chi connectivity index (χ4n) is 2.92. The summed E-state index contributed by atoms with van der Waals surface area (Å²) in [6.07, 6.45) is 1.42. The first-order chi connectivity index (χ1) is 13.5. The maximum atomic E-state index is 11.2. The van der Waals surface area contributed by atoms with Crippen LogP contribution in [0.25, 0.3) is 10.9 Å². The summed E-state index contributed by atoms with van der Waals surface area (Å²) < 4.78 is 7.04. The van der Waals surface area contributed by atoms with Crippen LogP contribution in [-0.2, 0) is 11.4 Å². The minimum Gasteiger partial charge on any atom is -0.493 e. The molecule has 1 aromatic carbocycles. The second kappa shape index (κ2) is 8.72. The number of aromatic hydroxyl groups is 1. The van der Waals surface area contributed by atoms with Crippen LogP contribution in [0.4, 0.5) is 11.4 Å². The number of hydrogen-bond donors (Lipinski definition) is 4. The Morgan fingerprint density at radius 3 is 2.89 bits per heavy atom. The third kappa shape index (κ3) is 4.24. The molecule has 0 amide bonds. The molecular weight excluding hydrogens is 384 g/mol. The predicted molar refractivity (Wildman–Crippen MR) is 109 cm³/mol. The van der Waals surface area contributed by atoms with Crippen molar-refractivity contribution in [3.63, 3.8) is 0 Å². The number of aromatic nitrogens is 1. The number of benzene rings is 1. The number of morpholine rings is 1. The lowest BCUT2D eigenvalue weighted by molar-refractivity contribution is -0.384. The molecule has 1 aliphatic heterocycles. The molecular formula is C17H20N6O4S. The van der Waals surface area contributed by atoms with E-state index in [1.165, 1.54) is 18.3 Å². The molecule has 2 aromatic rings. The monoisotopic (exact) mass is 404 g/mol. The Labute approximate surface area is 166 Å². The van der Waals surface area contributed by atoms with Gasteiger partial charge in [0.1, 0.15) is 5.69 Å². The number of thiocarbonyl (C=S) groups is 1. The van der Waals surface area contributed by atoms with Crippen molar-refractivity contribution in [3.8, 4) is 5.88 Å². The van der Waals surface area contributed by atoms with Gasteiger partial charge in [0, 0.05) is 36.8 Å². The van der Waals surface area contributed by atoms with Crippen molar-refractivity contribution < 1.29 is 14.8 Å². The van der Waals surface area contributed by atoms with E-state index in [4.69, 9.17) is 17.0 Å².